The number of ether oxygens (including phenoxy) is 2. The lowest BCUT2D eigenvalue weighted by molar-refractivity contribution is -0.274. The number of carbonyl (C=O) groups is 1. The molecular weight excluding hydrogens is 379 g/mol. The normalized spacial score (nSPS) is 14.8. The number of aryl methyl sites for hydroxylation is 1. The van der Waals surface area contributed by atoms with E-state index in [4.69, 9.17) is 4.74 Å². The molecule has 0 radical (unpaired) electrons. The van der Waals surface area contributed by atoms with Gasteiger partial charge in [0.1, 0.15) is 18.2 Å². The number of nitrogens with zero attached hydrogens (tertiary/aromatic N) is 5. The van der Waals surface area contributed by atoms with Gasteiger partial charge in [-0.25, -0.2) is 4.98 Å². The zero-order valence-electron chi connectivity index (χ0n) is 14.6. The van der Waals surface area contributed by atoms with Crippen LogP contribution in [0.3, 0.4) is 0 Å². The highest BCUT2D eigenvalue weighted by Crippen LogP contribution is 2.25. The third-order valence-electron chi connectivity index (χ3n) is 4.08. The number of rotatable bonds is 4. The molecule has 146 valence electrons. The van der Waals surface area contributed by atoms with Gasteiger partial charge in [-0.05, 0) is 25.1 Å². The Morgan fingerprint density at radius 1 is 1.25 bits per heavy atom. The van der Waals surface area contributed by atoms with E-state index in [-0.39, 0.29) is 11.7 Å². The van der Waals surface area contributed by atoms with E-state index in [9.17, 15) is 18.0 Å². The second-order valence-corrected chi connectivity index (χ2v) is 6.23. The summed E-state index contributed by atoms with van der Waals surface area (Å²) in [6.07, 6.45) is -3.72. The molecule has 1 aliphatic rings. The topological polar surface area (TPSA) is 81.8 Å². The second-order valence-electron chi connectivity index (χ2n) is 6.23. The second kappa shape index (κ2) is 6.66. The molecule has 1 fully saturated rings. The zero-order chi connectivity index (χ0) is 19.9. The van der Waals surface area contributed by atoms with Gasteiger partial charge in [0.15, 0.2) is 0 Å². The molecule has 11 heteroatoms. The number of alkyl halides is 3. The molecule has 0 N–H and O–H groups in total. The molecule has 1 aliphatic heterocycles. The number of likely N-dealkylation sites (tertiary alicyclic amines) is 1. The molecule has 0 unspecified atom stereocenters. The molecule has 1 saturated heterocycles. The third kappa shape index (κ3) is 3.68. The van der Waals surface area contributed by atoms with Crippen molar-refractivity contribution in [1.82, 2.24) is 24.5 Å². The van der Waals surface area contributed by atoms with Crippen molar-refractivity contribution in [3.05, 3.63) is 47.9 Å². The Bertz CT molecular complexity index is 1030. The van der Waals surface area contributed by atoms with Crippen molar-refractivity contribution in [1.29, 1.82) is 0 Å². The number of aromatic nitrogens is 4. The minimum Gasteiger partial charge on any atom is -0.470 e. The van der Waals surface area contributed by atoms with Crippen molar-refractivity contribution < 1.29 is 27.4 Å². The first kappa shape index (κ1) is 18.0. The van der Waals surface area contributed by atoms with Crippen molar-refractivity contribution in [2.45, 2.75) is 19.4 Å². The molecule has 3 heterocycles. The summed E-state index contributed by atoms with van der Waals surface area (Å²) in [6.45, 7) is 2.38. The quantitative estimate of drug-likeness (QED) is 0.676. The standard InChI is InChI=1S/C17H14F3N5O3/c1-10-5-14(25-16(23-10)21-9-22-25)27-13-7-24(8-13)15(26)11-3-2-4-12(6-11)28-17(18,19)20/h2-6,9,13H,7-8H2,1H3. The van der Waals surface area contributed by atoms with Gasteiger partial charge >= 0.3 is 6.36 Å². The zero-order valence-corrected chi connectivity index (χ0v) is 14.6. The van der Waals surface area contributed by atoms with E-state index < -0.39 is 18.0 Å². The van der Waals surface area contributed by atoms with Gasteiger partial charge in [-0.3, -0.25) is 4.79 Å². The molecule has 2 aromatic heterocycles. The van der Waals surface area contributed by atoms with Crippen LogP contribution in [0.5, 0.6) is 11.6 Å². The van der Waals surface area contributed by atoms with Crippen LogP contribution in [0.1, 0.15) is 16.1 Å². The van der Waals surface area contributed by atoms with Crippen LogP contribution in [0.15, 0.2) is 36.7 Å². The molecule has 4 rings (SSSR count). The number of benzene rings is 1. The van der Waals surface area contributed by atoms with E-state index in [0.717, 1.165) is 12.1 Å². The van der Waals surface area contributed by atoms with Crippen LogP contribution < -0.4 is 9.47 Å². The highest BCUT2D eigenvalue weighted by Gasteiger charge is 2.34. The van der Waals surface area contributed by atoms with Gasteiger partial charge in [-0.1, -0.05) is 6.07 Å². The van der Waals surface area contributed by atoms with Crippen LogP contribution in [-0.4, -0.2) is 55.9 Å². The molecule has 0 aliphatic carbocycles. The van der Waals surface area contributed by atoms with Crippen molar-refractivity contribution in [3.63, 3.8) is 0 Å². The Labute approximate surface area is 156 Å². The molecule has 1 amide bonds. The highest BCUT2D eigenvalue weighted by atomic mass is 19.4. The maximum Gasteiger partial charge on any atom is 0.573 e. The SMILES string of the molecule is Cc1cc(OC2CN(C(=O)c3cccc(OC(F)(F)F)c3)C2)n2ncnc2n1. The van der Waals surface area contributed by atoms with Crippen LogP contribution in [0.4, 0.5) is 13.2 Å². The lowest BCUT2D eigenvalue weighted by Gasteiger charge is -2.38. The fraction of sp³-hybridized carbons (Fsp3) is 0.294. The summed E-state index contributed by atoms with van der Waals surface area (Å²) < 4.78 is 48.2. The van der Waals surface area contributed by atoms with Crippen LogP contribution in [0.25, 0.3) is 5.78 Å². The summed E-state index contributed by atoms with van der Waals surface area (Å²) in [4.78, 5) is 22.2. The van der Waals surface area contributed by atoms with Gasteiger partial charge in [0.05, 0.1) is 13.1 Å². The summed E-state index contributed by atoms with van der Waals surface area (Å²) in [5.74, 6) is 0.0261. The molecular formula is C17H14F3N5O3. The minimum atomic E-state index is -4.81. The monoisotopic (exact) mass is 393 g/mol. The summed E-state index contributed by atoms with van der Waals surface area (Å²) in [5, 5.41) is 4.04. The summed E-state index contributed by atoms with van der Waals surface area (Å²) in [7, 11) is 0. The molecule has 0 spiro atoms. The number of carbonyl (C=O) groups excluding carboxylic acids is 1. The Kier molecular flexibility index (Phi) is 4.28. The largest absolute Gasteiger partial charge is 0.573 e. The van der Waals surface area contributed by atoms with Crippen LogP contribution in [0.2, 0.25) is 0 Å². The fourth-order valence-corrected chi connectivity index (χ4v) is 2.84. The average Bonchev–Trinajstić information content (AvgIpc) is 3.04. The average molecular weight is 393 g/mol. The van der Waals surface area contributed by atoms with Gasteiger partial charge in [0.2, 0.25) is 5.88 Å². The van der Waals surface area contributed by atoms with Crippen LogP contribution in [0, 0.1) is 6.92 Å². The number of hydrogen-bond donors (Lipinski definition) is 0. The maximum absolute atomic E-state index is 12.5. The first-order chi connectivity index (χ1) is 13.3. The lowest BCUT2D eigenvalue weighted by Crippen LogP contribution is -2.56. The van der Waals surface area contributed by atoms with Crippen molar-refractivity contribution in [2.24, 2.45) is 0 Å². The molecule has 0 saturated carbocycles. The number of hydrogen-bond acceptors (Lipinski definition) is 6. The first-order valence-electron chi connectivity index (χ1n) is 8.27. The molecule has 0 atom stereocenters. The number of halogens is 3. The molecule has 0 bridgehead atoms. The van der Waals surface area contributed by atoms with Crippen molar-refractivity contribution in [2.75, 3.05) is 13.1 Å². The Morgan fingerprint density at radius 2 is 2.04 bits per heavy atom. The summed E-state index contributed by atoms with van der Waals surface area (Å²) >= 11 is 0. The van der Waals surface area contributed by atoms with Crippen LogP contribution >= 0.6 is 0 Å². The molecule has 3 aromatic rings. The predicted molar refractivity (Wildman–Crippen MR) is 89.0 cm³/mol. The van der Waals surface area contributed by atoms with Crippen molar-refractivity contribution in [3.8, 4) is 11.6 Å². The Balaban J connectivity index is 1.40. The van der Waals surface area contributed by atoms with E-state index in [2.05, 4.69) is 19.8 Å². The Morgan fingerprint density at radius 3 is 2.79 bits per heavy atom. The fourth-order valence-electron chi connectivity index (χ4n) is 2.84. The third-order valence-corrected chi connectivity index (χ3v) is 4.08. The maximum atomic E-state index is 12.5. The minimum absolute atomic E-state index is 0.110. The van der Waals surface area contributed by atoms with Gasteiger partial charge in [-0.2, -0.15) is 14.6 Å². The predicted octanol–water partition coefficient (Wildman–Crippen LogP) is 2.23. The van der Waals surface area contributed by atoms with Gasteiger partial charge in [0.25, 0.3) is 11.7 Å². The molecule has 28 heavy (non-hydrogen) atoms. The summed E-state index contributed by atoms with van der Waals surface area (Å²) in [5.41, 5.74) is 0.822. The van der Waals surface area contributed by atoms with E-state index in [1.807, 2.05) is 0 Å². The number of amides is 1. The molecule has 8 nitrogen and oxygen atoms in total. The van der Waals surface area contributed by atoms with E-state index in [0.29, 0.717) is 30.4 Å². The number of fused-ring (bicyclic) bond motifs is 1. The first-order valence-corrected chi connectivity index (χ1v) is 8.27. The van der Waals surface area contributed by atoms with E-state index in [1.54, 1.807) is 13.0 Å². The van der Waals surface area contributed by atoms with Crippen LogP contribution in [-0.2, 0) is 0 Å². The van der Waals surface area contributed by atoms with Crippen molar-refractivity contribution >= 4 is 11.7 Å². The van der Waals surface area contributed by atoms with Gasteiger partial charge in [-0.15, -0.1) is 13.2 Å². The summed E-state index contributed by atoms with van der Waals surface area (Å²) in [6, 6.07) is 6.69. The van der Waals surface area contributed by atoms with Gasteiger partial charge in [0, 0.05) is 17.3 Å². The van der Waals surface area contributed by atoms with Gasteiger partial charge < -0.3 is 14.4 Å². The highest BCUT2D eigenvalue weighted by molar-refractivity contribution is 5.95. The smallest absolute Gasteiger partial charge is 0.470 e. The Hall–Kier alpha value is -3.37. The molecule has 1 aromatic carbocycles. The van der Waals surface area contributed by atoms with E-state index >= 15 is 0 Å². The lowest BCUT2D eigenvalue weighted by atomic mass is 10.1. The van der Waals surface area contributed by atoms with E-state index in [1.165, 1.54) is 27.9 Å².